The summed E-state index contributed by atoms with van der Waals surface area (Å²) in [6.45, 7) is 6.47. The Hall–Kier alpha value is -2.34. The summed E-state index contributed by atoms with van der Waals surface area (Å²) in [4.78, 5) is 2.36. The number of aliphatic hydroxyl groups excluding tert-OH is 1. The predicted molar refractivity (Wildman–Crippen MR) is 129 cm³/mol. The van der Waals surface area contributed by atoms with E-state index in [1.807, 2.05) is 66.2 Å². The first-order chi connectivity index (χ1) is 15.5. The van der Waals surface area contributed by atoms with Gasteiger partial charge in [0.15, 0.2) is 0 Å². The van der Waals surface area contributed by atoms with Gasteiger partial charge < -0.3 is 9.84 Å². The van der Waals surface area contributed by atoms with Crippen LogP contribution < -0.4 is 4.74 Å². The Kier molecular flexibility index (Phi) is 7.51. The maximum Gasteiger partial charge on any atom is 0.227 e. The van der Waals surface area contributed by atoms with Gasteiger partial charge in [0.1, 0.15) is 5.75 Å². The second-order valence-electron chi connectivity index (χ2n) is 8.76. The molecule has 3 aromatic rings. The van der Waals surface area contributed by atoms with Crippen molar-refractivity contribution < 1.29 is 9.84 Å². The van der Waals surface area contributed by atoms with Gasteiger partial charge in [-0.3, -0.25) is 4.90 Å². The largest absolute Gasteiger partial charge is 0.439 e. The molecule has 0 saturated heterocycles. The minimum absolute atomic E-state index is 0.319. The lowest BCUT2D eigenvalue weighted by Crippen LogP contribution is -2.33. The van der Waals surface area contributed by atoms with E-state index in [0.29, 0.717) is 24.0 Å². The van der Waals surface area contributed by atoms with Crippen LogP contribution in [0.15, 0.2) is 54.6 Å². The lowest BCUT2D eigenvalue weighted by Gasteiger charge is -2.25. The summed E-state index contributed by atoms with van der Waals surface area (Å²) in [5.41, 5.74) is 2.82. The Balaban J connectivity index is 1.69. The van der Waals surface area contributed by atoms with Gasteiger partial charge in [0.2, 0.25) is 5.88 Å². The van der Waals surface area contributed by atoms with E-state index in [4.69, 9.17) is 21.4 Å². The maximum atomic E-state index is 10.5. The maximum absolute atomic E-state index is 10.5. The van der Waals surface area contributed by atoms with Gasteiger partial charge in [-0.05, 0) is 62.4 Å². The van der Waals surface area contributed by atoms with E-state index in [2.05, 4.69) is 11.8 Å². The fourth-order valence-corrected chi connectivity index (χ4v) is 4.21. The summed E-state index contributed by atoms with van der Waals surface area (Å²) in [5.74, 6) is 2.18. The van der Waals surface area contributed by atoms with Crippen molar-refractivity contribution in [2.45, 2.75) is 52.2 Å². The van der Waals surface area contributed by atoms with Crippen LogP contribution in [0.25, 0.3) is 5.69 Å². The number of halogens is 1. The molecule has 1 N–H and O–H groups in total. The van der Waals surface area contributed by atoms with Gasteiger partial charge in [0.25, 0.3) is 0 Å². The van der Waals surface area contributed by atoms with Gasteiger partial charge in [-0.25, -0.2) is 4.68 Å². The van der Waals surface area contributed by atoms with Crippen molar-refractivity contribution in [2.24, 2.45) is 5.92 Å². The van der Waals surface area contributed by atoms with Gasteiger partial charge >= 0.3 is 0 Å². The Morgan fingerprint density at radius 1 is 1.19 bits per heavy atom. The number of rotatable bonds is 11. The SMILES string of the molecule is CCC[C@H](O)CN(Cc1c(C)nn(-c2cccc(Cl)c2)c1Oc1ccccc1)CC1CC1. The molecule has 1 fully saturated rings. The first-order valence-electron chi connectivity index (χ1n) is 11.5. The van der Waals surface area contributed by atoms with Crippen LogP contribution in [0.5, 0.6) is 11.6 Å². The molecule has 1 saturated carbocycles. The van der Waals surface area contributed by atoms with Crippen molar-refractivity contribution >= 4 is 11.6 Å². The second-order valence-corrected chi connectivity index (χ2v) is 9.19. The monoisotopic (exact) mass is 453 g/mol. The average molecular weight is 454 g/mol. The molecular formula is C26H32ClN3O2. The van der Waals surface area contributed by atoms with Crippen LogP contribution in [-0.4, -0.2) is 39.0 Å². The smallest absolute Gasteiger partial charge is 0.227 e. The van der Waals surface area contributed by atoms with Crippen LogP contribution in [0.4, 0.5) is 0 Å². The van der Waals surface area contributed by atoms with Gasteiger partial charge in [0.05, 0.1) is 23.0 Å². The first kappa shape index (κ1) is 22.8. The van der Waals surface area contributed by atoms with E-state index in [1.165, 1.54) is 12.8 Å². The molecule has 0 aliphatic heterocycles. The zero-order valence-electron chi connectivity index (χ0n) is 18.9. The molecule has 0 unspecified atom stereocenters. The molecule has 5 nitrogen and oxygen atoms in total. The zero-order valence-corrected chi connectivity index (χ0v) is 19.6. The molecular weight excluding hydrogens is 422 g/mol. The summed E-state index contributed by atoms with van der Waals surface area (Å²) in [7, 11) is 0. The molecule has 1 aliphatic carbocycles. The molecule has 0 bridgehead atoms. The molecule has 6 heteroatoms. The molecule has 32 heavy (non-hydrogen) atoms. The number of hydrogen-bond donors (Lipinski definition) is 1. The summed E-state index contributed by atoms with van der Waals surface area (Å²) in [6.07, 6.45) is 4.02. The normalized spacial score (nSPS) is 14.7. The molecule has 1 heterocycles. The highest BCUT2D eigenvalue weighted by Gasteiger charge is 2.28. The topological polar surface area (TPSA) is 50.5 Å². The zero-order chi connectivity index (χ0) is 22.5. The van der Waals surface area contributed by atoms with Crippen molar-refractivity contribution in [2.75, 3.05) is 13.1 Å². The van der Waals surface area contributed by atoms with Gasteiger partial charge in [-0.1, -0.05) is 49.2 Å². The van der Waals surface area contributed by atoms with Crippen molar-refractivity contribution in [1.82, 2.24) is 14.7 Å². The van der Waals surface area contributed by atoms with Crippen LogP contribution in [0, 0.1) is 12.8 Å². The number of aryl methyl sites for hydroxylation is 1. The number of hydrogen-bond acceptors (Lipinski definition) is 4. The highest BCUT2D eigenvalue weighted by molar-refractivity contribution is 6.30. The Morgan fingerprint density at radius 2 is 1.97 bits per heavy atom. The fourth-order valence-electron chi connectivity index (χ4n) is 4.02. The molecule has 170 valence electrons. The van der Waals surface area contributed by atoms with E-state index in [0.717, 1.165) is 48.0 Å². The minimum Gasteiger partial charge on any atom is -0.439 e. The number of nitrogens with zero attached hydrogens (tertiary/aromatic N) is 3. The fraction of sp³-hybridized carbons (Fsp3) is 0.423. The van der Waals surface area contributed by atoms with Crippen LogP contribution in [0.2, 0.25) is 5.02 Å². The third-order valence-electron chi connectivity index (χ3n) is 5.83. The average Bonchev–Trinajstić information content (AvgIpc) is 3.54. The summed E-state index contributed by atoms with van der Waals surface area (Å²) in [5, 5.41) is 16.0. The molecule has 2 aromatic carbocycles. The number of para-hydroxylation sites is 1. The molecule has 0 amide bonds. The Morgan fingerprint density at radius 3 is 2.66 bits per heavy atom. The number of benzene rings is 2. The molecule has 0 spiro atoms. The second kappa shape index (κ2) is 10.5. The highest BCUT2D eigenvalue weighted by atomic mass is 35.5. The van der Waals surface area contributed by atoms with Crippen LogP contribution in [-0.2, 0) is 6.54 Å². The Labute approximate surface area is 195 Å². The molecule has 1 aromatic heterocycles. The van der Waals surface area contributed by atoms with Gasteiger partial charge in [0, 0.05) is 24.7 Å². The highest BCUT2D eigenvalue weighted by Crippen LogP contribution is 2.34. The number of aliphatic hydroxyl groups is 1. The van der Waals surface area contributed by atoms with Crippen molar-refractivity contribution in [3.63, 3.8) is 0 Å². The van der Waals surface area contributed by atoms with Crippen molar-refractivity contribution in [3.8, 4) is 17.3 Å². The van der Waals surface area contributed by atoms with E-state index in [-0.39, 0.29) is 6.10 Å². The lowest BCUT2D eigenvalue weighted by atomic mass is 10.1. The summed E-state index contributed by atoms with van der Waals surface area (Å²) in [6, 6.07) is 17.4. The van der Waals surface area contributed by atoms with E-state index in [1.54, 1.807) is 0 Å². The van der Waals surface area contributed by atoms with Crippen molar-refractivity contribution in [3.05, 3.63) is 70.9 Å². The van der Waals surface area contributed by atoms with E-state index >= 15 is 0 Å². The first-order valence-corrected chi connectivity index (χ1v) is 11.9. The number of ether oxygens (including phenoxy) is 1. The van der Waals surface area contributed by atoms with Crippen molar-refractivity contribution in [1.29, 1.82) is 0 Å². The quantitative estimate of drug-likeness (QED) is 0.387. The lowest BCUT2D eigenvalue weighted by molar-refractivity contribution is 0.0977. The van der Waals surface area contributed by atoms with Gasteiger partial charge in [-0.15, -0.1) is 0 Å². The third-order valence-corrected chi connectivity index (χ3v) is 6.07. The minimum atomic E-state index is -0.319. The molecule has 1 aliphatic rings. The molecule has 1 atom stereocenters. The molecule has 4 rings (SSSR count). The van der Waals surface area contributed by atoms with E-state index < -0.39 is 0 Å². The predicted octanol–water partition coefficient (Wildman–Crippen LogP) is 6.00. The third kappa shape index (κ3) is 5.91. The number of aromatic nitrogens is 2. The van der Waals surface area contributed by atoms with E-state index in [9.17, 15) is 5.11 Å². The standard InChI is InChI=1S/C26H32ClN3O2/c1-3-8-23(31)17-29(16-20-13-14-20)18-25-19(2)28-30(22-10-7-9-21(27)15-22)26(25)32-24-11-5-4-6-12-24/h4-7,9-12,15,20,23,31H,3,8,13-14,16-18H2,1-2H3/t23-/m0/s1. The van der Waals surface area contributed by atoms with Crippen LogP contribution >= 0.6 is 11.6 Å². The molecule has 0 radical (unpaired) electrons. The Bertz CT molecular complexity index is 1020. The summed E-state index contributed by atoms with van der Waals surface area (Å²) >= 11 is 6.27. The van der Waals surface area contributed by atoms with Crippen LogP contribution in [0.3, 0.4) is 0 Å². The van der Waals surface area contributed by atoms with Crippen LogP contribution in [0.1, 0.15) is 43.9 Å². The summed E-state index contributed by atoms with van der Waals surface area (Å²) < 4.78 is 8.23. The van der Waals surface area contributed by atoms with Gasteiger partial charge in [-0.2, -0.15) is 5.10 Å².